The zero-order chi connectivity index (χ0) is 14.7. The van der Waals surface area contributed by atoms with Crippen molar-refractivity contribution < 1.29 is 23.8 Å². The fraction of sp³-hybridized carbons (Fsp3) is 0.571. The summed E-state index contributed by atoms with van der Waals surface area (Å²) >= 11 is 0. The smallest absolute Gasteiger partial charge is 0.339 e. The fourth-order valence-corrected chi connectivity index (χ4v) is 2.32. The molecule has 1 aliphatic heterocycles. The number of carboxylic acids is 1. The number of aryl methyl sites for hydroxylation is 1. The molecule has 2 rings (SSSR count). The molecule has 1 atom stereocenters. The van der Waals surface area contributed by atoms with Gasteiger partial charge in [0.1, 0.15) is 11.3 Å². The van der Waals surface area contributed by atoms with Gasteiger partial charge in [0.15, 0.2) is 5.76 Å². The lowest BCUT2D eigenvalue weighted by molar-refractivity contribution is 0.0651. The fourth-order valence-electron chi connectivity index (χ4n) is 2.32. The molecule has 1 fully saturated rings. The summed E-state index contributed by atoms with van der Waals surface area (Å²) in [6.45, 7) is 5.35. The summed E-state index contributed by atoms with van der Waals surface area (Å²) in [5, 5.41) is 9.09. The van der Waals surface area contributed by atoms with Crippen molar-refractivity contribution in [1.29, 1.82) is 0 Å². The molecule has 2 heterocycles. The second-order valence-electron chi connectivity index (χ2n) is 4.85. The third kappa shape index (κ3) is 2.85. The van der Waals surface area contributed by atoms with Gasteiger partial charge in [0.25, 0.3) is 5.91 Å². The monoisotopic (exact) mass is 281 g/mol. The van der Waals surface area contributed by atoms with E-state index in [9.17, 15) is 9.59 Å². The summed E-state index contributed by atoms with van der Waals surface area (Å²) in [7, 11) is 0. The van der Waals surface area contributed by atoms with Crippen molar-refractivity contribution in [2.45, 2.75) is 32.7 Å². The maximum absolute atomic E-state index is 12.5. The van der Waals surface area contributed by atoms with E-state index in [1.807, 2.05) is 6.92 Å². The SMILES string of the molecule is CCc1oc(C(=O)N2CCOCCC2C)cc1C(=O)O. The molecule has 6 nitrogen and oxygen atoms in total. The highest BCUT2D eigenvalue weighted by Crippen LogP contribution is 2.20. The first-order chi connectivity index (χ1) is 9.54. The van der Waals surface area contributed by atoms with E-state index in [-0.39, 0.29) is 23.3 Å². The Morgan fingerprint density at radius 1 is 1.45 bits per heavy atom. The average molecular weight is 281 g/mol. The molecule has 0 spiro atoms. The Morgan fingerprint density at radius 3 is 2.80 bits per heavy atom. The van der Waals surface area contributed by atoms with Crippen molar-refractivity contribution in [3.63, 3.8) is 0 Å². The van der Waals surface area contributed by atoms with Crippen molar-refractivity contribution >= 4 is 11.9 Å². The number of amides is 1. The van der Waals surface area contributed by atoms with Gasteiger partial charge in [-0.05, 0) is 13.3 Å². The molecule has 1 unspecified atom stereocenters. The molecule has 1 aromatic heterocycles. The van der Waals surface area contributed by atoms with Crippen molar-refractivity contribution in [3.8, 4) is 0 Å². The number of rotatable bonds is 3. The number of carbonyl (C=O) groups excluding carboxylic acids is 1. The van der Waals surface area contributed by atoms with Gasteiger partial charge in [0, 0.05) is 31.7 Å². The number of hydrogen-bond acceptors (Lipinski definition) is 4. The Bertz CT molecular complexity index is 508. The Labute approximate surface area is 117 Å². The van der Waals surface area contributed by atoms with Gasteiger partial charge in [-0.3, -0.25) is 4.79 Å². The van der Waals surface area contributed by atoms with E-state index in [1.165, 1.54) is 6.07 Å². The summed E-state index contributed by atoms with van der Waals surface area (Å²) < 4.78 is 10.8. The molecule has 0 radical (unpaired) electrons. The maximum atomic E-state index is 12.5. The molecular weight excluding hydrogens is 262 g/mol. The first kappa shape index (κ1) is 14.6. The van der Waals surface area contributed by atoms with Gasteiger partial charge >= 0.3 is 5.97 Å². The number of carbonyl (C=O) groups is 2. The molecule has 1 amide bonds. The van der Waals surface area contributed by atoms with Crippen LogP contribution >= 0.6 is 0 Å². The van der Waals surface area contributed by atoms with E-state index in [4.69, 9.17) is 14.3 Å². The van der Waals surface area contributed by atoms with Gasteiger partial charge in [-0.1, -0.05) is 6.92 Å². The maximum Gasteiger partial charge on any atom is 0.339 e. The van der Waals surface area contributed by atoms with Gasteiger partial charge in [-0.25, -0.2) is 4.79 Å². The molecule has 1 aliphatic rings. The predicted octanol–water partition coefficient (Wildman–Crippen LogP) is 1.79. The molecule has 0 saturated carbocycles. The summed E-state index contributed by atoms with van der Waals surface area (Å²) in [5.74, 6) is -0.922. The molecule has 1 aromatic rings. The van der Waals surface area contributed by atoms with Crippen LogP contribution in [0.5, 0.6) is 0 Å². The normalized spacial score (nSPS) is 19.7. The lowest BCUT2D eigenvalue weighted by Crippen LogP contribution is -2.39. The number of carboxylic acid groups (broad SMARTS) is 1. The van der Waals surface area contributed by atoms with E-state index in [0.717, 1.165) is 6.42 Å². The van der Waals surface area contributed by atoms with Crippen LogP contribution in [0.1, 0.15) is 46.9 Å². The standard InChI is InChI=1S/C14H19NO5/c1-3-11-10(14(17)18)8-12(20-11)13(16)15-5-7-19-6-4-9(15)2/h8-9H,3-7H2,1-2H3,(H,17,18). The number of hydrogen-bond donors (Lipinski definition) is 1. The van der Waals surface area contributed by atoms with Crippen LogP contribution in [0.25, 0.3) is 0 Å². The Hall–Kier alpha value is -1.82. The van der Waals surface area contributed by atoms with Crippen molar-refractivity contribution in [2.24, 2.45) is 0 Å². The van der Waals surface area contributed by atoms with E-state index < -0.39 is 5.97 Å². The molecule has 0 aliphatic carbocycles. The second-order valence-corrected chi connectivity index (χ2v) is 4.85. The molecule has 1 saturated heterocycles. The lowest BCUT2D eigenvalue weighted by atomic mass is 10.2. The Balaban J connectivity index is 2.26. The molecular formula is C14H19NO5. The first-order valence-corrected chi connectivity index (χ1v) is 6.79. The highest BCUT2D eigenvalue weighted by atomic mass is 16.5. The topological polar surface area (TPSA) is 80.0 Å². The van der Waals surface area contributed by atoms with Crippen LogP contribution in [0.15, 0.2) is 10.5 Å². The van der Waals surface area contributed by atoms with Crippen LogP contribution in [0.3, 0.4) is 0 Å². The van der Waals surface area contributed by atoms with E-state index in [0.29, 0.717) is 31.9 Å². The minimum Gasteiger partial charge on any atom is -0.478 e. The molecule has 110 valence electrons. The van der Waals surface area contributed by atoms with Gasteiger partial charge in [-0.2, -0.15) is 0 Å². The quantitative estimate of drug-likeness (QED) is 0.913. The zero-order valence-corrected chi connectivity index (χ0v) is 11.7. The zero-order valence-electron chi connectivity index (χ0n) is 11.7. The number of furan rings is 1. The van der Waals surface area contributed by atoms with Gasteiger partial charge in [-0.15, -0.1) is 0 Å². The van der Waals surface area contributed by atoms with E-state index in [1.54, 1.807) is 11.8 Å². The summed E-state index contributed by atoms with van der Waals surface area (Å²) in [4.78, 5) is 25.2. The number of aromatic carboxylic acids is 1. The number of nitrogens with zero attached hydrogens (tertiary/aromatic N) is 1. The predicted molar refractivity (Wildman–Crippen MR) is 71.0 cm³/mol. The molecule has 20 heavy (non-hydrogen) atoms. The minimum absolute atomic E-state index is 0.0495. The van der Waals surface area contributed by atoms with Crippen molar-refractivity contribution in [1.82, 2.24) is 4.90 Å². The molecule has 0 bridgehead atoms. The van der Waals surface area contributed by atoms with Crippen LogP contribution in [0.4, 0.5) is 0 Å². The summed E-state index contributed by atoms with van der Waals surface area (Å²) in [6.07, 6.45) is 1.20. The van der Waals surface area contributed by atoms with Crippen LogP contribution < -0.4 is 0 Å². The largest absolute Gasteiger partial charge is 0.478 e. The third-order valence-corrected chi connectivity index (χ3v) is 3.52. The first-order valence-electron chi connectivity index (χ1n) is 6.79. The van der Waals surface area contributed by atoms with Gasteiger partial charge in [0.2, 0.25) is 0 Å². The van der Waals surface area contributed by atoms with Crippen LogP contribution in [-0.4, -0.2) is 47.7 Å². The third-order valence-electron chi connectivity index (χ3n) is 3.52. The summed E-state index contributed by atoms with van der Waals surface area (Å²) in [6, 6.07) is 1.37. The second kappa shape index (κ2) is 6.09. The van der Waals surface area contributed by atoms with E-state index in [2.05, 4.69) is 0 Å². The van der Waals surface area contributed by atoms with Gasteiger partial charge < -0.3 is 19.2 Å². The van der Waals surface area contributed by atoms with Crippen LogP contribution in [0, 0.1) is 0 Å². The average Bonchev–Trinajstić information content (AvgIpc) is 2.75. The summed E-state index contributed by atoms with van der Waals surface area (Å²) in [5.41, 5.74) is 0.0644. The van der Waals surface area contributed by atoms with E-state index >= 15 is 0 Å². The van der Waals surface area contributed by atoms with Crippen LogP contribution in [0.2, 0.25) is 0 Å². The number of ether oxygens (including phenoxy) is 1. The molecule has 6 heteroatoms. The molecule has 1 N–H and O–H groups in total. The highest BCUT2D eigenvalue weighted by Gasteiger charge is 2.27. The highest BCUT2D eigenvalue weighted by molar-refractivity contribution is 5.96. The molecule has 0 aromatic carbocycles. The minimum atomic E-state index is -1.07. The Kier molecular flexibility index (Phi) is 4.44. The lowest BCUT2D eigenvalue weighted by Gasteiger charge is -2.25. The Morgan fingerprint density at radius 2 is 2.20 bits per heavy atom. The van der Waals surface area contributed by atoms with Gasteiger partial charge in [0.05, 0.1) is 6.61 Å². The van der Waals surface area contributed by atoms with Crippen molar-refractivity contribution in [3.05, 3.63) is 23.2 Å². The van der Waals surface area contributed by atoms with Crippen LogP contribution in [-0.2, 0) is 11.2 Å². The van der Waals surface area contributed by atoms with Crippen molar-refractivity contribution in [2.75, 3.05) is 19.8 Å².